The van der Waals surface area contributed by atoms with Gasteiger partial charge in [-0.3, -0.25) is 10.4 Å². The maximum absolute atomic E-state index is 10.2. The molecule has 0 bridgehead atoms. The fourth-order valence-electron chi connectivity index (χ4n) is 4.06. The Morgan fingerprint density at radius 1 is 1.21 bits per heavy atom. The Morgan fingerprint density at radius 3 is 2.46 bits per heavy atom. The van der Waals surface area contributed by atoms with E-state index in [-0.39, 0.29) is 11.6 Å². The molecule has 2 aromatic rings. The highest BCUT2D eigenvalue weighted by molar-refractivity contribution is 5.92. The van der Waals surface area contributed by atoms with E-state index in [0.29, 0.717) is 5.82 Å². The molecule has 4 N–H and O–H groups in total. The number of aliphatic imine (C=N–C) groups is 1. The fraction of sp³-hybridized carbons (Fsp3) is 0.375. The van der Waals surface area contributed by atoms with Gasteiger partial charge in [0, 0.05) is 47.4 Å². The van der Waals surface area contributed by atoms with Crippen molar-refractivity contribution in [3.8, 4) is 5.75 Å². The number of aliphatic hydroxyl groups excluding tert-OH is 1. The molecule has 0 radical (unpaired) electrons. The van der Waals surface area contributed by atoms with Crippen molar-refractivity contribution in [1.82, 2.24) is 5.32 Å². The van der Waals surface area contributed by atoms with Crippen LogP contribution in [0.1, 0.15) is 66.0 Å². The smallest absolute Gasteiger partial charge is 0.126 e. The zero-order chi connectivity index (χ0) is 29.3. The van der Waals surface area contributed by atoms with Crippen molar-refractivity contribution < 1.29 is 9.84 Å². The fourth-order valence-corrected chi connectivity index (χ4v) is 4.06. The molecule has 0 unspecified atom stereocenters. The van der Waals surface area contributed by atoms with Crippen LogP contribution in [0.5, 0.6) is 5.75 Å². The van der Waals surface area contributed by atoms with Crippen LogP contribution < -0.4 is 20.3 Å². The van der Waals surface area contributed by atoms with Gasteiger partial charge < -0.3 is 25.4 Å². The van der Waals surface area contributed by atoms with Crippen molar-refractivity contribution in [3.63, 3.8) is 0 Å². The second-order valence-electron chi connectivity index (χ2n) is 10.4. The highest BCUT2D eigenvalue weighted by Crippen LogP contribution is 2.39. The number of methoxy groups -OCH3 is 1. The molecule has 2 aromatic carbocycles. The molecule has 2 rings (SSSR count). The highest BCUT2D eigenvalue weighted by Gasteiger charge is 2.20. The minimum Gasteiger partial charge on any atom is -0.512 e. The maximum atomic E-state index is 10.2. The molecule has 210 valence electrons. The first-order valence-corrected chi connectivity index (χ1v) is 13.3. The minimum atomic E-state index is -0.438. The van der Waals surface area contributed by atoms with E-state index in [1.807, 2.05) is 52.1 Å². The van der Waals surface area contributed by atoms with Gasteiger partial charge in [0.1, 0.15) is 23.2 Å². The lowest BCUT2D eigenvalue weighted by Crippen LogP contribution is -2.25. The standard InChI is InChI=1S/C32H45N5O2/c1-11-21(4)31(26-19-28(39-10)23(12-2)17-27(26)34-13-3)37(9)25-16-14-15-24(18-25)35-22(5)36-30(33)20-29(38)32(6,7)8/h13-20,35,38H,5,11-12H2,1-4,6-10H3,(H2,33,36)/b29-20-,31-21-,34-13-. The second-order valence-corrected chi connectivity index (χ2v) is 10.4. The molecule has 7 heteroatoms. The molecular weight excluding hydrogens is 486 g/mol. The SMILES string of the molecule is C=C(NC(=N)/C=C(\O)C(C)(C)C)Nc1cccc(N(C)/C(=C(/C)CC)c2cc(OC)c(CC)cc2/N=C\C)c1. The number of aliphatic hydroxyl groups is 1. The van der Waals surface area contributed by atoms with Gasteiger partial charge in [-0.05, 0) is 68.2 Å². The van der Waals surface area contributed by atoms with Gasteiger partial charge in [-0.1, -0.05) is 47.3 Å². The number of ether oxygens (including phenoxy) is 1. The molecule has 0 atom stereocenters. The van der Waals surface area contributed by atoms with Crippen molar-refractivity contribution in [3.05, 3.63) is 77.3 Å². The summed E-state index contributed by atoms with van der Waals surface area (Å²) in [6.07, 6.45) is 4.95. The van der Waals surface area contributed by atoms with Gasteiger partial charge in [0.2, 0.25) is 0 Å². The van der Waals surface area contributed by atoms with Gasteiger partial charge in [-0.2, -0.15) is 0 Å². The van der Waals surface area contributed by atoms with E-state index in [2.05, 4.69) is 68.1 Å². The molecule has 39 heavy (non-hydrogen) atoms. The normalized spacial score (nSPS) is 12.7. The second kappa shape index (κ2) is 13.7. The predicted octanol–water partition coefficient (Wildman–Crippen LogP) is 8.20. The first-order valence-electron chi connectivity index (χ1n) is 13.3. The van der Waals surface area contributed by atoms with Gasteiger partial charge in [0.25, 0.3) is 0 Å². The van der Waals surface area contributed by atoms with E-state index in [1.165, 1.54) is 11.6 Å². The molecule has 0 saturated heterocycles. The lowest BCUT2D eigenvalue weighted by molar-refractivity contribution is 0.278. The van der Waals surface area contributed by atoms with Gasteiger partial charge in [0.15, 0.2) is 0 Å². The lowest BCUT2D eigenvalue weighted by Gasteiger charge is -2.28. The summed E-state index contributed by atoms with van der Waals surface area (Å²) in [5.74, 6) is 1.45. The monoisotopic (exact) mass is 531 g/mol. The largest absolute Gasteiger partial charge is 0.512 e. The summed E-state index contributed by atoms with van der Waals surface area (Å²) in [5.41, 5.74) is 6.67. The van der Waals surface area contributed by atoms with Crippen LogP contribution >= 0.6 is 0 Å². The number of hydrogen-bond acceptors (Lipinski definition) is 6. The first kappa shape index (κ1) is 31.2. The van der Waals surface area contributed by atoms with Crippen molar-refractivity contribution >= 4 is 34.8 Å². The van der Waals surface area contributed by atoms with Crippen molar-refractivity contribution in [1.29, 1.82) is 5.41 Å². The number of nitrogens with zero attached hydrogens (tertiary/aromatic N) is 2. The van der Waals surface area contributed by atoms with Crippen molar-refractivity contribution in [2.45, 2.75) is 61.3 Å². The Balaban J connectivity index is 2.43. The highest BCUT2D eigenvalue weighted by atomic mass is 16.5. The Kier molecular flexibility index (Phi) is 11.0. The zero-order valence-corrected chi connectivity index (χ0v) is 25.0. The lowest BCUT2D eigenvalue weighted by atomic mass is 9.93. The van der Waals surface area contributed by atoms with Crippen LogP contribution in [0.3, 0.4) is 0 Å². The zero-order valence-electron chi connectivity index (χ0n) is 25.0. The number of allylic oxidation sites excluding steroid dienone is 2. The predicted molar refractivity (Wildman–Crippen MR) is 168 cm³/mol. The maximum Gasteiger partial charge on any atom is 0.126 e. The van der Waals surface area contributed by atoms with Crippen LogP contribution in [-0.2, 0) is 6.42 Å². The quantitative estimate of drug-likeness (QED) is 0.133. The number of hydrogen-bond donors (Lipinski definition) is 4. The number of anilines is 2. The molecule has 0 spiro atoms. The van der Waals surface area contributed by atoms with Gasteiger partial charge in [-0.25, -0.2) is 0 Å². The summed E-state index contributed by atoms with van der Waals surface area (Å²) in [5, 5.41) is 24.5. The molecule has 0 heterocycles. The van der Waals surface area contributed by atoms with E-state index in [9.17, 15) is 5.11 Å². The van der Waals surface area contributed by atoms with Gasteiger partial charge in [0.05, 0.1) is 12.8 Å². The number of nitrogens with one attached hydrogen (secondary N) is 3. The molecule has 0 aliphatic rings. The van der Waals surface area contributed by atoms with Gasteiger partial charge in [-0.15, -0.1) is 0 Å². The van der Waals surface area contributed by atoms with Crippen LogP contribution in [0, 0.1) is 10.8 Å². The molecule has 0 amide bonds. The number of amidine groups is 1. The summed E-state index contributed by atoms with van der Waals surface area (Å²) in [6, 6.07) is 12.2. The van der Waals surface area contributed by atoms with Crippen LogP contribution in [0.25, 0.3) is 5.70 Å². The van der Waals surface area contributed by atoms with E-state index in [0.717, 1.165) is 52.5 Å². The molecule has 7 nitrogen and oxygen atoms in total. The summed E-state index contributed by atoms with van der Waals surface area (Å²) in [7, 11) is 3.76. The molecule has 0 aromatic heterocycles. The molecule has 0 aliphatic carbocycles. The average molecular weight is 532 g/mol. The molecular formula is C32H45N5O2. The van der Waals surface area contributed by atoms with E-state index in [1.54, 1.807) is 7.11 Å². The third-order valence-corrected chi connectivity index (χ3v) is 6.44. The van der Waals surface area contributed by atoms with Crippen molar-refractivity contribution in [2.75, 3.05) is 24.4 Å². The Bertz CT molecular complexity index is 1280. The van der Waals surface area contributed by atoms with Crippen molar-refractivity contribution in [2.24, 2.45) is 10.4 Å². The van der Waals surface area contributed by atoms with E-state index in [4.69, 9.17) is 15.1 Å². The summed E-state index contributed by atoms with van der Waals surface area (Å²) in [4.78, 5) is 6.88. The summed E-state index contributed by atoms with van der Waals surface area (Å²) >= 11 is 0. The average Bonchev–Trinajstić information content (AvgIpc) is 2.88. The number of aryl methyl sites for hydroxylation is 1. The van der Waals surface area contributed by atoms with E-state index < -0.39 is 5.41 Å². The van der Waals surface area contributed by atoms with Gasteiger partial charge >= 0.3 is 0 Å². The first-order chi connectivity index (χ1) is 18.4. The topological polar surface area (TPSA) is 93.0 Å². The molecule has 0 fully saturated rings. The number of rotatable bonds is 11. The Morgan fingerprint density at radius 2 is 1.90 bits per heavy atom. The Labute approximate surface area is 234 Å². The number of benzene rings is 2. The molecule has 0 saturated carbocycles. The van der Waals surface area contributed by atoms with Crippen LogP contribution in [-0.4, -0.2) is 31.3 Å². The summed E-state index contributed by atoms with van der Waals surface area (Å²) in [6.45, 7) is 18.0. The summed E-state index contributed by atoms with van der Waals surface area (Å²) < 4.78 is 5.74. The third-order valence-electron chi connectivity index (χ3n) is 6.44. The van der Waals surface area contributed by atoms with E-state index >= 15 is 0 Å². The minimum absolute atomic E-state index is 0.0467. The van der Waals surface area contributed by atoms with Crippen LogP contribution in [0.2, 0.25) is 0 Å². The van der Waals surface area contributed by atoms with Crippen LogP contribution in [0.15, 0.2) is 71.2 Å². The Hall–Kier alpha value is -4.00. The van der Waals surface area contributed by atoms with Crippen LogP contribution in [0.4, 0.5) is 17.1 Å². The third kappa shape index (κ3) is 8.24. The molecule has 0 aliphatic heterocycles.